The molecule has 110 valence electrons. The molecular weight excluding hydrogens is 242 g/mol. The lowest BCUT2D eigenvalue weighted by Crippen LogP contribution is -2.55. The van der Waals surface area contributed by atoms with Crippen LogP contribution in [-0.2, 0) is 4.79 Å². The first-order chi connectivity index (χ1) is 9.24. The van der Waals surface area contributed by atoms with Gasteiger partial charge in [0.15, 0.2) is 0 Å². The van der Waals surface area contributed by atoms with Crippen molar-refractivity contribution in [2.45, 2.75) is 44.1 Å². The largest absolute Gasteiger partial charge is 0.394 e. The summed E-state index contributed by atoms with van der Waals surface area (Å²) in [6.45, 7) is 4.44. The molecule has 0 aromatic carbocycles. The van der Waals surface area contributed by atoms with Gasteiger partial charge in [-0.3, -0.25) is 9.69 Å². The van der Waals surface area contributed by atoms with E-state index >= 15 is 0 Å². The second-order valence-corrected chi connectivity index (χ2v) is 5.93. The second-order valence-electron chi connectivity index (χ2n) is 5.93. The Bertz CT molecular complexity index is 282. The van der Waals surface area contributed by atoms with Gasteiger partial charge in [0.05, 0.1) is 18.7 Å². The third-order valence-corrected chi connectivity index (χ3v) is 4.32. The molecule has 19 heavy (non-hydrogen) atoms. The monoisotopic (exact) mass is 269 g/mol. The average molecular weight is 269 g/mol. The number of nitrogens with zero attached hydrogens (tertiary/aromatic N) is 1. The van der Waals surface area contributed by atoms with Crippen molar-refractivity contribution in [3.8, 4) is 0 Å². The summed E-state index contributed by atoms with van der Waals surface area (Å²) in [7, 11) is 0. The molecule has 0 unspecified atom stereocenters. The van der Waals surface area contributed by atoms with E-state index in [2.05, 4.69) is 15.5 Å². The number of hydrogen-bond acceptors (Lipinski definition) is 4. The lowest BCUT2D eigenvalue weighted by atomic mass is 9.82. The Kier molecular flexibility index (Phi) is 5.60. The maximum Gasteiger partial charge on any atom is 0.234 e. The number of nitrogens with one attached hydrogen (secondary N) is 2. The molecule has 0 atom stereocenters. The number of aliphatic hydroxyl groups is 1. The molecule has 5 heteroatoms. The Labute approximate surface area is 115 Å². The van der Waals surface area contributed by atoms with Crippen LogP contribution in [-0.4, -0.2) is 60.8 Å². The summed E-state index contributed by atoms with van der Waals surface area (Å²) in [5.74, 6) is 0.0675. The fourth-order valence-electron chi connectivity index (χ4n) is 3.15. The second kappa shape index (κ2) is 7.22. The summed E-state index contributed by atoms with van der Waals surface area (Å²) in [5.41, 5.74) is -0.348. The van der Waals surface area contributed by atoms with Gasteiger partial charge < -0.3 is 15.7 Å². The van der Waals surface area contributed by atoms with Crippen LogP contribution in [0.25, 0.3) is 0 Å². The molecule has 3 N–H and O–H groups in total. The number of carbonyl (C=O) groups is 1. The summed E-state index contributed by atoms with van der Waals surface area (Å²) in [6, 6.07) is 0. The Morgan fingerprint density at radius 2 is 1.95 bits per heavy atom. The van der Waals surface area contributed by atoms with Gasteiger partial charge in [0.1, 0.15) is 0 Å². The van der Waals surface area contributed by atoms with Gasteiger partial charge in [-0.2, -0.15) is 0 Å². The molecular formula is C14H27N3O2. The smallest absolute Gasteiger partial charge is 0.234 e. The fraction of sp³-hybridized carbons (Fsp3) is 0.929. The Balaban J connectivity index is 1.81. The van der Waals surface area contributed by atoms with Gasteiger partial charge in [0.25, 0.3) is 0 Å². The van der Waals surface area contributed by atoms with Crippen LogP contribution in [0.5, 0.6) is 0 Å². The van der Waals surface area contributed by atoms with Crippen molar-refractivity contribution in [2.24, 2.45) is 0 Å². The molecule has 1 aliphatic heterocycles. The van der Waals surface area contributed by atoms with Crippen LogP contribution in [0.4, 0.5) is 0 Å². The van der Waals surface area contributed by atoms with Crippen LogP contribution in [0.1, 0.15) is 38.5 Å². The van der Waals surface area contributed by atoms with E-state index in [1.54, 1.807) is 0 Å². The third kappa shape index (κ3) is 4.44. The average Bonchev–Trinajstić information content (AvgIpc) is 2.68. The van der Waals surface area contributed by atoms with Crippen LogP contribution >= 0.6 is 0 Å². The molecule has 0 radical (unpaired) electrons. The fourth-order valence-corrected chi connectivity index (χ4v) is 3.15. The number of rotatable bonds is 4. The maximum atomic E-state index is 12.2. The highest BCUT2D eigenvalue weighted by Crippen LogP contribution is 2.27. The van der Waals surface area contributed by atoms with Crippen molar-refractivity contribution in [1.29, 1.82) is 0 Å². The first-order valence-corrected chi connectivity index (χ1v) is 7.59. The van der Waals surface area contributed by atoms with E-state index in [9.17, 15) is 9.90 Å². The van der Waals surface area contributed by atoms with E-state index in [-0.39, 0.29) is 18.1 Å². The summed E-state index contributed by atoms with van der Waals surface area (Å²) in [4.78, 5) is 14.4. The minimum Gasteiger partial charge on any atom is -0.394 e. The third-order valence-electron chi connectivity index (χ3n) is 4.32. The van der Waals surface area contributed by atoms with E-state index in [0.29, 0.717) is 6.54 Å². The van der Waals surface area contributed by atoms with E-state index in [4.69, 9.17) is 0 Å². The topological polar surface area (TPSA) is 64.6 Å². The first-order valence-electron chi connectivity index (χ1n) is 7.59. The maximum absolute atomic E-state index is 12.2. The Hall–Kier alpha value is -0.650. The van der Waals surface area contributed by atoms with Gasteiger partial charge in [-0.15, -0.1) is 0 Å². The molecule has 1 saturated carbocycles. The zero-order chi connectivity index (χ0) is 13.6. The minimum atomic E-state index is -0.348. The highest BCUT2D eigenvalue weighted by Gasteiger charge is 2.33. The highest BCUT2D eigenvalue weighted by atomic mass is 16.3. The molecule has 1 aliphatic carbocycles. The van der Waals surface area contributed by atoms with Crippen molar-refractivity contribution in [1.82, 2.24) is 15.5 Å². The van der Waals surface area contributed by atoms with Crippen LogP contribution in [0.3, 0.4) is 0 Å². The van der Waals surface area contributed by atoms with Crippen LogP contribution in [0.2, 0.25) is 0 Å². The molecule has 2 fully saturated rings. The summed E-state index contributed by atoms with van der Waals surface area (Å²) < 4.78 is 0. The number of carbonyl (C=O) groups excluding carboxylic acids is 1. The molecule has 0 aromatic rings. The summed E-state index contributed by atoms with van der Waals surface area (Å²) >= 11 is 0. The highest BCUT2D eigenvalue weighted by molar-refractivity contribution is 5.79. The quantitative estimate of drug-likeness (QED) is 0.677. The van der Waals surface area contributed by atoms with Crippen molar-refractivity contribution in [3.63, 3.8) is 0 Å². The normalized spacial score (nSPS) is 24.7. The van der Waals surface area contributed by atoms with E-state index in [1.807, 2.05) is 0 Å². The molecule has 0 bridgehead atoms. The van der Waals surface area contributed by atoms with Crippen molar-refractivity contribution < 1.29 is 9.90 Å². The zero-order valence-electron chi connectivity index (χ0n) is 11.8. The van der Waals surface area contributed by atoms with Gasteiger partial charge in [0, 0.05) is 13.1 Å². The molecule has 5 nitrogen and oxygen atoms in total. The van der Waals surface area contributed by atoms with Crippen LogP contribution in [0.15, 0.2) is 0 Å². The number of amides is 1. The van der Waals surface area contributed by atoms with E-state index in [0.717, 1.165) is 58.3 Å². The lowest BCUT2D eigenvalue weighted by Gasteiger charge is -2.37. The Morgan fingerprint density at radius 3 is 2.68 bits per heavy atom. The molecule has 2 rings (SSSR count). The Morgan fingerprint density at radius 1 is 1.16 bits per heavy atom. The van der Waals surface area contributed by atoms with Gasteiger partial charge in [-0.1, -0.05) is 19.3 Å². The molecule has 2 aliphatic rings. The molecule has 1 amide bonds. The van der Waals surface area contributed by atoms with Crippen molar-refractivity contribution >= 4 is 5.91 Å². The standard InChI is InChI=1S/C14H27N3O2/c18-12-14(5-2-1-3-6-14)16-13(19)11-17-9-4-7-15-8-10-17/h15,18H,1-12H2,(H,16,19). The molecule has 0 spiro atoms. The summed E-state index contributed by atoms with van der Waals surface area (Å²) in [5, 5.41) is 16.0. The van der Waals surface area contributed by atoms with E-state index in [1.165, 1.54) is 6.42 Å². The van der Waals surface area contributed by atoms with Crippen molar-refractivity contribution in [3.05, 3.63) is 0 Å². The SMILES string of the molecule is O=C(CN1CCCNCC1)NC1(CO)CCCCC1. The van der Waals surface area contributed by atoms with Crippen LogP contribution in [0, 0.1) is 0 Å². The van der Waals surface area contributed by atoms with Crippen LogP contribution < -0.4 is 10.6 Å². The zero-order valence-corrected chi connectivity index (χ0v) is 11.8. The predicted molar refractivity (Wildman–Crippen MR) is 75.0 cm³/mol. The van der Waals surface area contributed by atoms with Gasteiger partial charge in [-0.05, 0) is 32.4 Å². The molecule has 1 heterocycles. The number of aliphatic hydroxyl groups excluding tert-OH is 1. The van der Waals surface area contributed by atoms with Gasteiger partial charge in [0.2, 0.25) is 5.91 Å². The molecule has 0 aromatic heterocycles. The minimum absolute atomic E-state index is 0.0675. The van der Waals surface area contributed by atoms with Gasteiger partial charge in [-0.25, -0.2) is 0 Å². The molecule has 1 saturated heterocycles. The van der Waals surface area contributed by atoms with Crippen molar-refractivity contribution in [2.75, 3.05) is 39.3 Å². The van der Waals surface area contributed by atoms with E-state index < -0.39 is 0 Å². The summed E-state index contributed by atoms with van der Waals surface area (Å²) in [6.07, 6.45) is 6.35. The first kappa shape index (κ1) is 14.8. The van der Waals surface area contributed by atoms with Gasteiger partial charge >= 0.3 is 0 Å². The predicted octanol–water partition coefficient (Wildman–Crippen LogP) is 0.0931. The number of hydrogen-bond donors (Lipinski definition) is 3. The lowest BCUT2D eigenvalue weighted by molar-refractivity contribution is -0.125.